The first-order chi connectivity index (χ1) is 65.8. The Morgan fingerprint density at radius 1 is 0.273 bits per heavy atom. The Balaban J connectivity index is 0.847. The van der Waals surface area contributed by atoms with Crippen LogP contribution in [0.4, 0.5) is 51.2 Å². The van der Waals surface area contributed by atoms with Crippen LogP contribution >= 0.6 is 0 Å². The number of hydrogen-bond donors (Lipinski definition) is 0. The molecule has 5 nitrogen and oxygen atoms in total. The third kappa shape index (κ3) is 11.1. The molecule has 0 unspecified atom stereocenters. The summed E-state index contributed by atoms with van der Waals surface area (Å²) in [5, 5.41) is -0.0477. The largest absolute Gasteiger partial charge is 0.458 e. The Morgan fingerprint density at radius 2 is 0.672 bits per heavy atom. The smallest absolute Gasteiger partial charge is 0.256 e. The maximum atomic E-state index is 10.3. The number of para-hydroxylation sites is 5. The highest BCUT2D eigenvalue weighted by Gasteiger charge is 2.55. The van der Waals surface area contributed by atoms with Crippen molar-refractivity contribution in [1.29, 1.82) is 0 Å². The van der Waals surface area contributed by atoms with Crippen molar-refractivity contribution in [3.05, 3.63) is 433 Å². The van der Waals surface area contributed by atoms with Crippen LogP contribution in [0, 0.1) is 0 Å². The zero-order chi connectivity index (χ0) is 92.9. The molecule has 4 aliphatic heterocycles. The second-order valence-corrected chi connectivity index (χ2v) is 38.3. The Morgan fingerprint density at radius 3 is 1.19 bits per heavy atom. The number of anilines is 9. The molecule has 6 aliphatic rings. The van der Waals surface area contributed by atoms with Gasteiger partial charge < -0.3 is 24.0 Å². The molecule has 0 amide bonds. The Hall–Kier alpha value is -14.9. The number of ether oxygens (including phenoxy) is 1. The van der Waals surface area contributed by atoms with Gasteiger partial charge in [0.1, 0.15) is 11.5 Å². The van der Waals surface area contributed by atoms with Crippen LogP contribution < -0.4 is 52.2 Å². The minimum atomic E-state index is -0.714. The average Bonchev–Trinajstić information content (AvgIpc) is 1.42. The second kappa shape index (κ2) is 28.0. The molecule has 0 fully saturated rings. The fraction of sp³-hybridized carbons (Fsp3) is 0.107. The molecule has 19 aromatic rings. The van der Waals surface area contributed by atoms with Crippen molar-refractivity contribution < 1.29 is 15.7 Å². The molecule has 128 heavy (non-hydrogen) atoms. The minimum Gasteiger partial charge on any atom is -0.458 e. The quantitative estimate of drug-likeness (QED) is 0.134. The topological polar surface area (TPSA) is 23.9 Å². The van der Waals surface area contributed by atoms with Crippen molar-refractivity contribution in [1.82, 2.24) is 4.57 Å². The summed E-state index contributed by atoms with van der Waals surface area (Å²) in [6, 6.07) is 123. The van der Waals surface area contributed by atoms with E-state index in [1.54, 1.807) is 4.57 Å². The third-order valence-electron chi connectivity index (χ3n) is 28.1. The molecule has 1 spiro atoms. The first kappa shape index (κ1) is 67.5. The van der Waals surface area contributed by atoms with Gasteiger partial charge >= 0.3 is 0 Å². The summed E-state index contributed by atoms with van der Waals surface area (Å²) in [6.45, 7) is 19.7. The molecular formula is C121H92B2N4O. The van der Waals surface area contributed by atoms with Gasteiger partial charge in [0.2, 0.25) is 0 Å². The third-order valence-corrected chi connectivity index (χ3v) is 28.1. The first-order valence-electron chi connectivity index (χ1n) is 48.7. The van der Waals surface area contributed by atoms with E-state index in [1.807, 2.05) is 12.1 Å². The SMILES string of the molecule is [2H]c1c([2H])c([2H])c2c(c1[2H])c1c([2H])c([2H])c([2H])c([2H])c1n2-c1cc2c3c(c1)N(c1c(-c4ccccc4)cc(C(C)(C)C)cc1-c1ccccc1)c1cc4c(cc1B3c1ccccc1N2c1c(-c2ccccc2)cccc1-c1ccccc1)B1c2ccccc2N(c2cc(C(C)(C)C)cc(C(C)(C)C)c2)c2cc(-c3cccc5c3C3(c6ccccc6-c6ccccc63)c3ccccc3-5)cc(c21)O4. The number of nitrogens with zero attached hydrogens (tertiary/aromatic N) is 4. The molecule has 0 bridgehead atoms. The van der Waals surface area contributed by atoms with Gasteiger partial charge in [0, 0.05) is 78.9 Å². The zero-order valence-corrected chi connectivity index (χ0v) is 72.8. The lowest BCUT2D eigenvalue weighted by molar-refractivity contribution is 0.488. The zero-order valence-electron chi connectivity index (χ0n) is 80.8. The predicted molar refractivity (Wildman–Crippen MR) is 540 cm³/mol. The monoisotopic (exact) mass is 1650 g/mol. The van der Waals surface area contributed by atoms with Crippen LogP contribution in [0.5, 0.6) is 11.5 Å². The molecule has 5 heterocycles. The Kier molecular flexibility index (Phi) is 14.8. The maximum absolute atomic E-state index is 10.3. The van der Waals surface area contributed by atoms with Crippen molar-refractivity contribution in [2.75, 3.05) is 14.7 Å². The summed E-state index contributed by atoms with van der Waals surface area (Å²) in [5.41, 5.74) is 35.7. The molecule has 25 rings (SSSR count). The van der Waals surface area contributed by atoms with E-state index >= 15 is 0 Å². The standard InChI is InChI=1S/C121H92B2N4O/c1-118(2,3)80-66-81(119(4,5)6)68-83(67-80)125-105-62-34-30-58-99(105)123-102-73-101-107(74-111(102)128-112-65-79(64-108(125)115(112)123)85-51-36-54-93-90-48-24-29-57-98(90)121(113(85)93)96-55-27-22-46-88(96)89-47-23-28-56-97(89)121)127(117-94(77-42-18-12-19-43-77)69-82(120(7,8)9)70-95(117)78-44-20-13-21-45-78)110-72-84(124-103-60-32-25-49-91(103)92-50-26-33-61-104(92)124)71-109-114(110)122(101)100-59-31-35-63-106(100)126(109)116-86(75-38-14-10-15-39-75)52-37-53-87(116)76-40-16-11-17-41-76/h10-74H,1-9H3/i25D,26D,32D,33D,49D,50D,60D,61D. The van der Waals surface area contributed by atoms with Crippen LogP contribution in [0.3, 0.4) is 0 Å². The van der Waals surface area contributed by atoms with Crippen LogP contribution in [0.1, 0.15) is 112 Å². The van der Waals surface area contributed by atoms with Gasteiger partial charge in [-0.05, 0) is 216 Å². The van der Waals surface area contributed by atoms with E-state index in [9.17, 15) is 11.0 Å². The van der Waals surface area contributed by atoms with Gasteiger partial charge in [-0.25, -0.2) is 0 Å². The highest BCUT2D eigenvalue weighted by Crippen LogP contribution is 2.66. The van der Waals surface area contributed by atoms with Gasteiger partial charge in [-0.1, -0.05) is 378 Å². The van der Waals surface area contributed by atoms with Gasteiger partial charge in [0.05, 0.1) is 44.5 Å². The van der Waals surface area contributed by atoms with Gasteiger partial charge in [-0.15, -0.1) is 0 Å². The van der Waals surface area contributed by atoms with Crippen molar-refractivity contribution in [3.8, 4) is 95.1 Å². The summed E-state index contributed by atoms with van der Waals surface area (Å²) >= 11 is 0. The lowest BCUT2D eigenvalue weighted by atomic mass is 9.30. The van der Waals surface area contributed by atoms with E-state index in [1.165, 1.54) is 55.6 Å². The second-order valence-electron chi connectivity index (χ2n) is 38.3. The fourth-order valence-corrected chi connectivity index (χ4v) is 22.3. The summed E-state index contributed by atoms with van der Waals surface area (Å²) in [7, 11) is 0. The molecule has 18 aromatic carbocycles. The van der Waals surface area contributed by atoms with Crippen molar-refractivity contribution in [2.45, 2.75) is 84.0 Å². The van der Waals surface area contributed by atoms with Crippen molar-refractivity contribution in [2.24, 2.45) is 0 Å². The number of aromatic nitrogens is 1. The van der Waals surface area contributed by atoms with Crippen LogP contribution in [0.15, 0.2) is 394 Å². The molecule has 7 heteroatoms. The average molecular weight is 1650 g/mol. The molecule has 0 radical (unpaired) electrons. The molecule has 0 atom stereocenters. The number of hydrogen-bond acceptors (Lipinski definition) is 4. The molecular weight excluding hydrogens is 1550 g/mol. The van der Waals surface area contributed by atoms with Crippen LogP contribution in [-0.2, 0) is 21.7 Å². The van der Waals surface area contributed by atoms with E-state index in [-0.39, 0.29) is 32.6 Å². The number of rotatable bonds is 9. The maximum Gasteiger partial charge on any atom is 0.256 e. The molecule has 0 N–H and O–H groups in total. The molecule has 608 valence electrons. The van der Waals surface area contributed by atoms with Gasteiger partial charge in [-0.2, -0.15) is 0 Å². The normalized spacial score (nSPS) is 14.7. The summed E-state index contributed by atoms with van der Waals surface area (Å²) in [6.07, 6.45) is 0. The highest BCUT2D eigenvalue weighted by atomic mass is 16.5. The van der Waals surface area contributed by atoms with Gasteiger partial charge in [0.25, 0.3) is 13.4 Å². The lowest BCUT2D eigenvalue weighted by Gasteiger charge is -2.47. The van der Waals surface area contributed by atoms with E-state index in [0.29, 0.717) is 22.9 Å². The Labute approximate surface area is 761 Å². The first-order valence-corrected chi connectivity index (χ1v) is 44.7. The van der Waals surface area contributed by atoms with Gasteiger partial charge in [0.15, 0.2) is 0 Å². The predicted octanol–water partition coefficient (Wildman–Crippen LogP) is 27.8. The molecule has 0 saturated carbocycles. The van der Waals surface area contributed by atoms with Crippen LogP contribution in [0.2, 0.25) is 0 Å². The fourth-order valence-electron chi connectivity index (χ4n) is 22.3. The summed E-state index contributed by atoms with van der Waals surface area (Å²) < 4.78 is 89.0. The highest BCUT2D eigenvalue weighted by molar-refractivity contribution is 7.02. The molecule has 1 aromatic heterocycles. The van der Waals surface area contributed by atoms with Crippen LogP contribution in [-0.4, -0.2) is 18.0 Å². The van der Waals surface area contributed by atoms with Crippen molar-refractivity contribution >= 4 is 119 Å². The molecule has 0 saturated heterocycles. The van der Waals surface area contributed by atoms with E-state index < -0.39 is 72.6 Å². The number of fused-ring (bicyclic) bond motifs is 21. The van der Waals surface area contributed by atoms with Gasteiger partial charge in [-0.3, -0.25) is 0 Å². The number of benzene rings is 18. The Bertz CT molecular complexity index is 8120. The van der Waals surface area contributed by atoms with Crippen molar-refractivity contribution in [3.63, 3.8) is 0 Å². The summed E-state index contributed by atoms with van der Waals surface area (Å²) in [4.78, 5) is 7.43. The molecule has 2 aliphatic carbocycles. The van der Waals surface area contributed by atoms with E-state index in [0.717, 1.165) is 139 Å². The summed E-state index contributed by atoms with van der Waals surface area (Å²) in [5.74, 6) is 1.36. The van der Waals surface area contributed by atoms with E-state index in [4.69, 9.17) is 4.74 Å². The van der Waals surface area contributed by atoms with E-state index in [2.05, 4.69) is 411 Å². The minimum absolute atomic E-state index is 0.00199. The van der Waals surface area contributed by atoms with Crippen LogP contribution in [0.25, 0.3) is 105 Å². The lowest BCUT2D eigenvalue weighted by Crippen LogP contribution is -2.64.